The van der Waals surface area contributed by atoms with Gasteiger partial charge in [0.05, 0.1) is 23.1 Å². The molecule has 1 heterocycles. The molecule has 0 saturated heterocycles. The van der Waals surface area contributed by atoms with Crippen molar-refractivity contribution in [3.63, 3.8) is 0 Å². The Labute approximate surface area is 142 Å². The molecule has 0 unspecified atom stereocenters. The van der Waals surface area contributed by atoms with Gasteiger partial charge in [-0.2, -0.15) is 0 Å². The van der Waals surface area contributed by atoms with Crippen molar-refractivity contribution in [1.82, 2.24) is 4.98 Å². The molecule has 4 heteroatoms. The second kappa shape index (κ2) is 7.21. The van der Waals surface area contributed by atoms with Gasteiger partial charge in [-0.3, -0.25) is 4.98 Å². The van der Waals surface area contributed by atoms with Crippen LogP contribution in [-0.4, -0.2) is 11.5 Å². The molecule has 24 heavy (non-hydrogen) atoms. The molecule has 3 rings (SSSR count). The number of nitrogens with two attached hydrogens (primary N) is 1. The molecule has 0 aliphatic carbocycles. The SMILES string of the molecule is CC(C)CNc1c(N)cnc2ccc(OCc3ccccc3)cc12. The predicted molar refractivity (Wildman–Crippen MR) is 100 cm³/mol. The molecule has 124 valence electrons. The van der Waals surface area contributed by atoms with Crippen molar-refractivity contribution in [3.8, 4) is 5.75 Å². The third kappa shape index (κ3) is 3.77. The molecule has 0 bridgehead atoms. The van der Waals surface area contributed by atoms with Crippen LogP contribution in [0.2, 0.25) is 0 Å². The number of nitrogens with one attached hydrogen (secondary N) is 1. The van der Waals surface area contributed by atoms with Gasteiger partial charge in [-0.25, -0.2) is 0 Å². The number of nitrogens with zero attached hydrogens (tertiary/aromatic N) is 1. The van der Waals surface area contributed by atoms with Crippen LogP contribution in [0.3, 0.4) is 0 Å². The zero-order chi connectivity index (χ0) is 16.9. The Kier molecular flexibility index (Phi) is 4.85. The van der Waals surface area contributed by atoms with Gasteiger partial charge in [0.25, 0.3) is 0 Å². The van der Waals surface area contributed by atoms with E-state index in [1.165, 1.54) is 0 Å². The first-order chi connectivity index (χ1) is 11.6. The Morgan fingerprint density at radius 1 is 1.12 bits per heavy atom. The zero-order valence-corrected chi connectivity index (χ0v) is 14.1. The van der Waals surface area contributed by atoms with Gasteiger partial charge in [0.1, 0.15) is 12.4 Å². The smallest absolute Gasteiger partial charge is 0.120 e. The van der Waals surface area contributed by atoms with Gasteiger partial charge in [-0.15, -0.1) is 0 Å². The summed E-state index contributed by atoms with van der Waals surface area (Å²) in [7, 11) is 0. The van der Waals surface area contributed by atoms with Gasteiger partial charge >= 0.3 is 0 Å². The van der Waals surface area contributed by atoms with Crippen LogP contribution in [-0.2, 0) is 6.61 Å². The number of fused-ring (bicyclic) bond motifs is 1. The fourth-order valence-electron chi connectivity index (χ4n) is 2.52. The van der Waals surface area contributed by atoms with E-state index in [4.69, 9.17) is 10.5 Å². The van der Waals surface area contributed by atoms with Gasteiger partial charge in [-0.05, 0) is 29.7 Å². The van der Waals surface area contributed by atoms with E-state index in [0.717, 1.165) is 34.4 Å². The van der Waals surface area contributed by atoms with Crippen molar-refractivity contribution in [1.29, 1.82) is 0 Å². The van der Waals surface area contributed by atoms with Crippen molar-refractivity contribution in [2.75, 3.05) is 17.6 Å². The molecule has 0 spiro atoms. The molecule has 0 fully saturated rings. The predicted octanol–water partition coefficient (Wildman–Crippen LogP) is 4.46. The number of rotatable bonds is 6. The molecule has 4 nitrogen and oxygen atoms in total. The van der Waals surface area contributed by atoms with Crippen LogP contribution in [0.4, 0.5) is 11.4 Å². The van der Waals surface area contributed by atoms with Gasteiger partial charge < -0.3 is 15.8 Å². The fourth-order valence-corrected chi connectivity index (χ4v) is 2.52. The van der Waals surface area contributed by atoms with Crippen LogP contribution in [0, 0.1) is 5.92 Å². The number of nitrogen functional groups attached to an aromatic ring is 1. The van der Waals surface area contributed by atoms with Crippen LogP contribution >= 0.6 is 0 Å². The minimum atomic E-state index is 0.533. The lowest BCUT2D eigenvalue weighted by molar-refractivity contribution is 0.306. The van der Waals surface area contributed by atoms with Crippen LogP contribution in [0.25, 0.3) is 10.9 Å². The van der Waals surface area contributed by atoms with Crippen LogP contribution in [0.15, 0.2) is 54.7 Å². The molecular weight excluding hydrogens is 298 g/mol. The summed E-state index contributed by atoms with van der Waals surface area (Å²) in [6.45, 7) is 5.73. The van der Waals surface area contributed by atoms with Gasteiger partial charge in [0.15, 0.2) is 0 Å². The standard InChI is InChI=1S/C20H23N3O/c1-14(2)11-23-20-17-10-16(8-9-19(17)22-12-18(20)21)24-13-15-6-4-3-5-7-15/h3-10,12,14H,11,13,21H2,1-2H3,(H,22,23). The van der Waals surface area contributed by atoms with Crippen LogP contribution < -0.4 is 15.8 Å². The average Bonchev–Trinajstić information content (AvgIpc) is 2.59. The Bertz CT molecular complexity index is 816. The van der Waals surface area contributed by atoms with E-state index in [2.05, 4.69) is 36.3 Å². The first kappa shape index (κ1) is 16.1. The van der Waals surface area contributed by atoms with E-state index in [0.29, 0.717) is 18.2 Å². The Morgan fingerprint density at radius 2 is 1.92 bits per heavy atom. The number of aromatic nitrogens is 1. The number of pyridine rings is 1. The molecule has 0 saturated carbocycles. The summed E-state index contributed by atoms with van der Waals surface area (Å²) in [5, 5.41) is 4.42. The number of hydrogen-bond donors (Lipinski definition) is 2. The van der Waals surface area contributed by atoms with Gasteiger partial charge in [0.2, 0.25) is 0 Å². The normalized spacial score (nSPS) is 11.0. The zero-order valence-electron chi connectivity index (χ0n) is 14.1. The third-order valence-electron chi connectivity index (χ3n) is 3.80. The first-order valence-corrected chi connectivity index (χ1v) is 8.22. The Morgan fingerprint density at radius 3 is 2.67 bits per heavy atom. The summed E-state index contributed by atoms with van der Waals surface area (Å²) in [4.78, 5) is 4.41. The summed E-state index contributed by atoms with van der Waals surface area (Å²) in [5.41, 5.74) is 9.75. The lowest BCUT2D eigenvalue weighted by atomic mass is 10.1. The highest BCUT2D eigenvalue weighted by Gasteiger charge is 2.09. The number of hydrogen-bond acceptors (Lipinski definition) is 4. The van der Waals surface area contributed by atoms with E-state index in [1.807, 2.05) is 36.4 Å². The van der Waals surface area contributed by atoms with Crippen molar-refractivity contribution in [3.05, 3.63) is 60.3 Å². The number of ether oxygens (including phenoxy) is 1. The monoisotopic (exact) mass is 321 g/mol. The minimum absolute atomic E-state index is 0.533. The largest absolute Gasteiger partial charge is 0.489 e. The first-order valence-electron chi connectivity index (χ1n) is 8.22. The summed E-state index contributed by atoms with van der Waals surface area (Å²) in [6.07, 6.45) is 1.70. The topological polar surface area (TPSA) is 60.2 Å². The van der Waals surface area contributed by atoms with Crippen LogP contribution in [0.5, 0.6) is 5.75 Å². The summed E-state index contributed by atoms with van der Waals surface area (Å²) < 4.78 is 5.92. The van der Waals surface area contributed by atoms with Gasteiger partial charge in [-0.1, -0.05) is 44.2 Å². The number of benzene rings is 2. The van der Waals surface area contributed by atoms with Gasteiger partial charge in [0, 0.05) is 11.9 Å². The molecule has 0 amide bonds. The number of anilines is 2. The fraction of sp³-hybridized carbons (Fsp3) is 0.250. The molecule has 0 atom stereocenters. The van der Waals surface area contributed by atoms with Crippen molar-refractivity contribution < 1.29 is 4.74 Å². The summed E-state index contributed by atoms with van der Waals surface area (Å²) in [6, 6.07) is 16.0. The summed E-state index contributed by atoms with van der Waals surface area (Å²) in [5.74, 6) is 1.34. The highest BCUT2D eigenvalue weighted by atomic mass is 16.5. The average molecular weight is 321 g/mol. The Hall–Kier alpha value is -2.75. The highest BCUT2D eigenvalue weighted by molar-refractivity contribution is 5.97. The van der Waals surface area contributed by atoms with E-state index in [-0.39, 0.29) is 0 Å². The molecule has 0 aliphatic rings. The molecule has 0 aliphatic heterocycles. The van der Waals surface area contributed by atoms with Crippen molar-refractivity contribution in [2.45, 2.75) is 20.5 Å². The molecule has 3 N–H and O–H groups in total. The maximum Gasteiger partial charge on any atom is 0.120 e. The maximum absolute atomic E-state index is 6.12. The van der Waals surface area contributed by atoms with Crippen molar-refractivity contribution >= 4 is 22.3 Å². The minimum Gasteiger partial charge on any atom is -0.489 e. The molecule has 2 aromatic carbocycles. The van der Waals surface area contributed by atoms with E-state index >= 15 is 0 Å². The van der Waals surface area contributed by atoms with E-state index < -0.39 is 0 Å². The van der Waals surface area contributed by atoms with E-state index in [9.17, 15) is 0 Å². The molecule has 3 aromatic rings. The van der Waals surface area contributed by atoms with E-state index in [1.54, 1.807) is 6.20 Å². The quantitative estimate of drug-likeness (QED) is 0.703. The molecular formula is C20H23N3O. The Balaban J connectivity index is 1.86. The highest BCUT2D eigenvalue weighted by Crippen LogP contribution is 2.31. The van der Waals surface area contributed by atoms with Crippen molar-refractivity contribution in [2.24, 2.45) is 5.92 Å². The molecule has 1 aromatic heterocycles. The van der Waals surface area contributed by atoms with Crippen LogP contribution in [0.1, 0.15) is 19.4 Å². The molecule has 0 radical (unpaired) electrons. The second-order valence-corrected chi connectivity index (χ2v) is 6.32. The summed E-state index contributed by atoms with van der Waals surface area (Å²) >= 11 is 0. The lowest BCUT2D eigenvalue weighted by Crippen LogP contribution is -2.10. The second-order valence-electron chi connectivity index (χ2n) is 6.32. The lowest BCUT2D eigenvalue weighted by Gasteiger charge is -2.15. The maximum atomic E-state index is 6.12. The third-order valence-corrected chi connectivity index (χ3v) is 3.80.